The van der Waals surface area contributed by atoms with Crippen molar-refractivity contribution in [2.45, 2.75) is 18.9 Å². The number of hydrogen-bond donors (Lipinski definition) is 1. The van der Waals surface area contributed by atoms with E-state index in [9.17, 15) is 5.11 Å². The van der Waals surface area contributed by atoms with E-state index >= 15 is 0 Å². The minimum atomic E-state index is 0.211. The minimum absolute atomic E-state index is 0.211. The summed E-state index contributed by atoms with van der Waals surface area (Å²) in [7, 11) is 0. The molecule has 1 N–H and O–H groups in total. The number of aliphatic hydroxyl groups is 1. The van der Waals surface area contributed by atoms with Gasteiger partial charge >= 0.3 is 0 Å². The molecular formula is C10H13BrN2O. The van der Waals surface area contributed by atoms with E-state index in [1.54, 1.807) is 6.20 Å². The fourth-order valence-electron chi connectivity index (χ4n) is 1.89. The molecule has 76 valence electrons. The van der Waals surface area contributed by atoms with Gasteiger partial charge < -0.3 is 10.0 Å². The third-order valence-electron chi connectivity index (χ3n) is 2.60. The number of nitrogens with zero attached hydrogens (tertiary/aromatic N) is 2. The van der Waals surface area contributed by atoms with E-state index < -0.39 is 0 Å². The van der Waals surface area contributed by atoms with Crippen molar-refractivity contribution in [3.05, 3.63) is 22.8 Å². The maximum absolute atomic E-state index is 9.20. The highest BCUT2D eigenvalue weighted by Gasteiger charge is 2.25. The van der Waals surface area contributed by atoms with Crippen molar-refractivity contribution in [1.29, 1.82) is 0 Å². The zero-order valence-electron chi connectivity index (χ0n) is 7.86. The summed E-state index contributed by atoms with van der Waals surface area (Å²) in [4.78, 5) is 6.50. The number of halogens is 1. The Morgan fingerprint density at radius 1 is 1.64 bits per heavy atom. The molecule has 1 aromatic rings. The number of rotatable bonds is 2. The molecule has 1 saturated heterocycles. The fraction of sp³-hybridized carbons (Fsp3) is 0.500. The van der Waals surface area contributed by atoms with E-state index in [4.69, 9.17) is 0 Å². The van der Waals surface area contributed by atoms with Gasteiger partial charge in [-0.15, -0.1) is 0 Å². The molecule has 0 aliphatic carbocycles. The zero-order chi connectivity index (χ0) is 9.97. The lowest BCUT2D eigenvalue weighted by molar-refractivity contribution is 0.266. The van der Waals surface area contributed by atoms with Gasteiger partial charge in [0, 0.05) is 12.7 Å². The maximum Gasteiger partial charge on any atom is 0.143 e. The van der Waals surface area contributed by atoms with Crippen molar-refractivity contribution in [3.8, 4) is 0 Å². The van der Waals surface area contributed by atoms with Crippen molar-refractivity contribution in [2.24, 2.45) is 0 Å². The maximum atomic E-state index is 9.20. The second kappa shape index (κ2) is 4.28. The van der Waals surface area contributed by atoms with Crippen LogP contribution in [0.25, 0.3) is 0 Å². The molecule has 4 heteroatoms. The number of anilines is 1. The van der Waals surface area contributed by atoms with Crippen LogP contribution in [0.4, 0.5) is 5.82 Å². The van der Waals surface area contributed by atoms with Crippen molar-refractivity contribution >= 4 is 21.7 Å². The van der Waals surface area contributed by atoms with Gasteiger partial charge in [0.25, 0.3) is 0 Å². The molecule has 0 spiro atoms. The molecule has 0 saturated carbocycles. The zero-order valence-corrected chi connectivity index (χ0v) is 9.44. The van der Waals surface area contributed by atoms with Crippen LogP contribution in [-0.2, 0) is 0 Å². The molecule has 1 atom stereocenters. The third kappa shape index (κ3) is 1.77. The van der Waals surface area contributed by atoms with Crippen molar-refractivity contribution in [2.75, 3.05) is 18.1 Å². The Morgan fingerprint density at radius 2 is 2.50 bits per heavy atom. The van der Waals surface area contributed by atoms with Crippen LogP contribution in [0.3, 0.4) is 0 Å². The Kier molecular flexibility index (Phi) is 3.03. The number of aliphatic hydroxyl groups excluding tert-OH is 1. The van der Waals surface area contributed by atoms with Crippen LogP contribution in [-0.4, -0.2) is 29.3 Å². The standard InChI is InChI=1S/C10H13BrN2O/c11-9-4-1-5-12-10(9)13-6-2-3-8(13)7-14/h1,4-5,8,14H,2-3,6-7H2. The van der Waals surface area contributed by atoms with Crippen molar-refractivity contribution in [1.82, 2.24) is 4.98 Å². The predicted octanol–water partition coefficient (Wildman–Crippen LogP) is 1.81. The number of hydrogen-bond acceptors (Lipinski definition) is 3. The lowest BCUT2D eigenvalue weighted by atomic mass is 10.2. The molecule has 0 bridgehead atoms. The van der Waals surface area contributed by atoms with Crippen molar-refractivity contribution < 1.29 is 5.11 Å². The molecule has 2 rings (SSSR count). The molecule has 1 fully saturated rings. The van der Waals surface area contributed by atoms with Gasteiger partial charge in [-0.05, 0) is 40.9 Å². The summed E-state index contributed by atoms with van der Waals surface area (Å²) in [5.74, 6) is 0.948. The molecule has 0 aromatic carbocycles. The van der Waals surface area contributed by atoms with Gasteiger partial charge in [-0.1, -0.05) is 0 Å². The van der Waals surface area contributed by atoms with Gasteiger partial charge in [-0.25, -0.2) is 4.98 Å². The molecule has 2 heterocycles. The van der Waals surface area contributed by atoms with Crippen LogP contribution >= 0.6 is 15.9 Å². The highest BCUT2D eigenvalue weighted by molar-refractivity contribution is 9.10. The third-order valence-corrected chi connectivity index (χ3v) is 3.22. The highest BCUT2D eigenvalue weighted by atomic mass is 79.9. The first-order chi connectivity index (χ1) is 6.83. The van der Waals surface area contributed by atoms with Crippen LogP contribution in [0, 0.1) is 0 Å². The molecule has 1 aromatic heterocycles. The van der Waals surface area contributed by atoms with E-state index in [-0.39, 0.29) is 12.6 Å². The largest absolute Gasteiger partial charge is 0.394 e. The molecular weight excluding hydrogens is 244 g/mol. The Bertz CT molecular complexity index is 319. The number of pyridine rings is 1. The van der Waals surface area contributed by atoms with Gasteiger partial charge in [0.2, 0.25) is 0 Å². The predicted molar refractivity (Wildman–Crippen MR) is 59.4 cm³/mol. The second-order valence-electron chi connectivity index (χ2n) is 3.48. The molecule has 1 aliphatic heterocycles. The van der Waals surface area contributed by atoms with Crippen molar-refractivity contribution in [3.63, 3.8) is 0 Å². The molecule has 0 radical (unpaired) electrons. The normalized spacial score (nSPS) is 21.6. The summed E-state index contributed by atoms with van der Waals surface area (Å²) < 4.78 is 1.00. The second-order valence-corrected chi connectivity index (χ2v) is 4.34. The average Bonchev–Trinajstić information content (AvgIpc) is 2.66. The van der Waals surface area contributed by atoms with Crippen LogP contribution in [0.1, 0.15) is 12.8 Å². The van der Waals surface area contributed by atoms with E-state index in [1.165, 1.54) is 0 Å². The molecule has 0 amide bonds. The van der Waals surface area contributed by atoms with Gasteiger partial charge in [0.05, 0.1) is 17.1 Å². The Morgan fingerprint density at radius 3 is 3.21 bits per heavy atom. The first kappa shape index (κ1) is 9.93. The first-order valence-electron chi connectivity index (χ1n) is 4.81. The Balaban J connectivity index is 2.26. The van der Waals surface area contributed by atoms with Gasteiger partial charge in [0.1, 0.15) is 5.82 Å². The monoisotopic (exact) mass is 256 g/mol. The van der Waals surface area contributed by atoms with E-state index in [0.717, 1.165) is 29.7 Å². The molecule has 1 aliphatic rings. The SMILES string of the molecule is OCC1CCCN1c1ncccc1Br. The Labute approximate surface area is 91.9 Å². The first-order valence-corrected chi connectivity index (χ1v) is 5.60. The van der Waals surface area contributed by atoms with Crippen LogP contribution < -0.4 is 4.90 Å². The molecule has 1 unspecified atom stereocenters. The molecule has 3 nitrogen and oxygen atoms in total. The smallest absolute Gasteiger partial charge is 0.143 e. The molecule has 14 heavy (non-hydrogen) atoms. The van der Waals surface area contributed by atoms with E-state index in [1.807, 2.05) is 12.1 Å². The lowest BCUT2D eigenvalue weighted by Crippen LogP contribution is -2.32. The van der Waals surface area contributed by atoms with Crippen LogP contribution in [0.2, 0.25) is 0 Å². The van der Waals surface area contributed by atoms with Gasteiger partial charge in [-0.3, -0.25) is 0 Å². The van der Waals surface area contributed by atoms with Crippen LogP contribution in [0.5, 0.6) is 0 Å². The van der Waals surface area contributed by atoms with Gasteiger partial charge in [0.15, 0.2) is 0 Å². The minimum Gasteiger partial charge on any atom is -0.394 e. The Hall–Kier alpha value is -0.610. The van der Waals surface area contributed by atoms with E-state index in [2.05, 4.69) is 25.8 Å². The summed E-state index contributed by atoms with van der Waals surface area (Å²) in [5, 5.41) is 9.20. The fourth-order valence-corrected chi connectivity index (χ4v) is 2.38. The summed E-state index contributed by atoms with van der Waals surface area (Å²) in [5.41, 5.74) is 0. The highest BCUT2D eigenvalue weighted by Crippen LogP contribution is 2.29. The summed E-state index contributed by atoms with van der Waals surface area (Å²) >= 11 is 3.48. The van der Waals surface area contributed by atoms with E-state index in [0.29, 0.717) is 0 Å². The van der Waals surface area contributed by atoms with Crippen LogP contribution in [0.15, 0.2) is 22.8 Å². The topological polar surface area (TPSA) is 36.4 Å². The average molecular weight is 257 g/mol. The number of aromatic nitrogens is 1. The van der Waals surface area contributed by atoms with Gasteiger partial charge in [-0.2, -0.15) is 0 Å². The quantitative estimate of drug-likeness (QED) is 0.877. The summed E-state index contributed by atoms with van der Waals surface area (Å²) in [6, 6.07) is 4.12. The lowest BCUT2D eigenvalue weighted by Gasteiger charge is -2.24. The summed E-state index contributed by atoms with van der Waals surface area (Å²) in [6.45, 7) is 1.20. The summed E-state index contributed by atoms with van der Waals surface area (Å²) in [6.07, 6.45) is 3.97.